The SMILES string of the molecule is OCCNc1ccc(-c2nc(Nc3ccc(N4CCOCC4)cc3)nc3nc[nH]c23)cn1. The molecule has 10 heteroatoms. The Bertz CT molecular complexity index is 1170. The van der Waals surface area contributed by atoms with Gasteiger partial charge in [-0.15, -0.1) is 0 Å². The van der Waals surface area contributed by atoms with Gasteiger partial charge in [0.1, 0.15) is 17.0 Å². The molecule has 1 aliphatic heterocycles. The highest BCUT2D eigenvalue weighted by atomic mass is 16.5. The maximum absolute atomic E-state index is 8.96. The molecule has 1 fully saturated rings. The summed E-state index contributed by atoms with van der Waals surface area (Å²) >= 11 is 0. The molecule has 0 radical (unpaired) electrons. The number of benzene rings is 1. The van der Waals surface area contributed by atoms with Crippen LogP contribution in [0.1, 0.15) is 0 Å². The van der Waals surface area contributed by atoms with Crippen molar-refractivity contribution in [2.24, 2.45) is 0 Å². The number of aromatic nitrogens is 5. The molecule has 0 aliphatic carbocycles. The quantitative estimate of drug-likeness (QED) is 0.348. The van der Waals surface area contributed by atoms with Gasteiger partial charge in [0.2, 0.25) is 5.95 Å². The van der Waals surface area contributed by atoms with Gasteiger partial charge in [0, 0.05) is 42.8 Å². The highest BCUT2D eigenvalue weighted by Crippen LogP contribution is 2.27. The maximum Gasteiger partial charge on any atom is 0.229 e. The largest absolute Gasteiger partial charge is 0.395 e. The second-order valence-electron chi connectivity index (χ2n) is 7.35. The summed E-state index contributed by atoms with van der Waals surface area (Å²) in [4.78, 5) is 23.4. The first-order valence-corrected chi connectivity index (χ1v) is 10.5. The number of pyridine rings is 1. The minimum atomic E-state index is 0.0482. The van der Waals surface area contributed by atoms with Crippen molar-refractivity contribution in [3.63, 3.8) is 0 Å². The number of morpholine rings is 1. The molecule has 4 aromatic rings. The average molecular weight is 432 g/mol. The van der Waals surface area contributed by atoms with Crippen molar-refractivity contribution in [2.45, 2.75) is 0 Å². The van der Waals surface area contributed by atoms with Gasteiger partial charge in [0.25, 0.3) is 0 Å². The zero-order chi connectivity index (χ0) is 21.8. The summed E-state index contributed by atoms with van der Waals surface area (Å²) in [5.74, 6) is 1.15. The normalized spacial score (nSPS) is 14.0. The lowest BCUT2D eigenvalue weighted by Gasteiger charge is -2.28. The first kappa shape index (κ1) is 20.2. The van der Waals surface area contributed by atoms with Crippen molar-refractivity contribution in [1.29, 1.82) is 0 Å². The minimum Gasteiger partial charge on any atom is -0.395 e. The molecular weight excluding hydrogens is 408 g/mol. The van der Waals surface area contributed by atoms with Crippen LogP contribution < -0.4 is 15.5 Å². The van der Waals surface area contributed by atoms with Crippen LogP contribution in [0.15, 0.2) is 48.9 Å². The Morgan fingerprint density at radius 2 is 1.88 bits per heavy atom. The topological polar surface area (TPSA) is 124 Å². The first-order valence-electron chi connectivity index (χ1n) is 10.5. The number of aliphatic hydroxyl groups is 1. The number of nitrogens with one attached hydrogen (secondary N) is 3. The van der Waals surface area contributed by atoms with Crippen LogP contribution in [0.25, 0.3) is 22.4 Å². The van der Waals surface area contributed by atoms with Crippen molar-refractivity contribution < 1.29 is 9.84 Å². The van der Waals surface area contributed by atoms with Gasteiger partial charge in [0.05, 0.1) is 26.1 Å². The predicted molar refractivity (Wildman–Crippen MR) is 123 cm³/mol. The van der Waals surface area contributed by atoms with Crippen molar-refractivity contribution in [2.75, 3.05) is 55.0 Å². The van der Waals surface area contributed by atoms with Crippen LogP contribution in [0.5, 0.6) is 0 Å². The molecule has 10 nitrogen and oxygen atoms in total. The van der Waals surface area contributed by atoms with Gasteiger partial charge in [-0.1, -0.05) is 0 Å². The molecule has 3 aromatic heterocycles. The summed E-state index contributed by atoms with van der Waals surface area (Å²) in [5.41, 5.74) is 4.93. The number of aliphatic hydroxyl groups excluding tert-OH is 1. The molecule has 0 spiro atoms. The van der Waals surface area contributed by atoms with E-state index in [-0.39, 0.29) is 6.61 Å². The van der Waals surface area contributed by atoms with E-state index >= 15 is 0 Å². The number of fused-ring (bicyclic) bond motifs is 1. The summed E-state index contributed by atoms with van der Waals surface area (Å²) in [5, 5.41) is 15.3. The molecule has 164 valence electrons. The summed E-state index contributed by atoms with van der Waals surface area (Å²) in [6, 6.07) is 12.0. The molecule has 1 aromatic carbocycles. The third kappa shape index (κ3) is 4.32. The summed E-state index contributed by atoms with van der Waals surface area (Å²) in [6.07, 6.45) is 3.34. The number of imidazole rings is 1. The number of aromatic amines is 1. The molecule has 1 aliphatic rings. The zero-order valence-corrected chi connectivity index (χ0v) is 17.5. The molecule has 0 atom stereocenters. The number of ether oxygens (including phenoxy) is 1. The fraction of sp³-hybridized carbons (Fsp3) is 0.273. The Morgan fingerprint density at radius 1 is 1.03 bits per heavy atom. The van der Waals surface area contributed by atoms with Gasteiger partial charge in [-0.2, -0.15) is 4.98 Å². The van der Waals surface area contributed by atoms with Gasteiger partial charge in [0.15, 0.2) is 5.65 Å². The number of hydrogen-bond donors (Lipinski definition) is 4. The molecule has 0 bridgehead atoms. The average Bonchev–Trinajstić information content (AvgIpc) is 3.32. The van der Waals surface area contributed by atoms with E-state index in [4.69, 9.17) is 14.8 Å². The van der Waals surface area contributed by atoms with E-state index in [9.17, 15) is 0 Å². The van der Waals surface area contributed by atoms with Crippen LogP contribution in [0.4, 0.5) is 23.1 Å². The van der Waals surface area contributed by atoms with Crippen molar-refractivity contribution in [1.82, 2.24) is 24.9 Å². The lowest BCUT2D eigenvalue weighted by molar-refractivity contribution is 0.122. The molecule has 0 unspecified atom stereocenters. The fourth-order valence-electron chi connectivity index (χ4n) is 3.63. The number of anilines is 4. The molecule has 4 N–H and O–H groups in total. The summed E-state index contributed by atoms with van der Waals surface area (Å²) in [7, 11) is 0. The van der Waals surface area contributed by atoms with E-state index in [1.165, 1.54) is 5.69 Å². The van der Waals surface area contributed by atoms with E-state index in [2.05, 4.69) is 47.6 Å². The maximum atomic E-state index is 8.96. The summed E-state index contributed by atoms with van der Waals surface area (Å²) < 4.78 is 5.43. The number of rotatable bonds is 7. The molecular formula is C22H24N8O2. The van der Waals surface area contributed by atoms with Gasteiger partial charge in [-0.25, -0.2) is 15.0 Å². The van der Waals surface area contributed by atoms with Crippen LogP contribution in [-0.2, 0) is 4.74 Å². The van der Waals surface area contributed by atoms with Crippen LogP contribution in [0.3, 0.4) is 0 Å². The van der Waals surface area contributed by atoms with Crippen LogP contribution in [0, 0.1) is 0 Å². The Balaban J connectivity index is 1.39. The molecule has 0 amide bonds. The first-order chi connectivity index (χ1) is 15.8. The monoisotopic (exact) mass is 432 g/mol. The van der Waals surface area contributed by atoms with E-state index in [0.717, 1.165) is 43.1 Å². The lowest BCUT2D eigenvalue weighted by atomic mass is 10.2. The smallest absolute Gasteiger partial charge is 0.229 e. The second kappa shape index (κ2) is 9.16. The predicted octanol–water partition coefficient (Wildman–Crippen LogP) is 2.40. The standard InChI is InChI=1S/C22H24N8O2/c31-10-7-23-18-6-1-15(13-24-18)19-20-21(26-14-25-20)29-22(28-19)27-16-2-4-17(5-3-16)30-8-11-32-12-9-30/h1-6,13-14,31H,7-12H2,(H,23,24)(H2,25,26,27,28,29). The third-order valence-corrected chi connectivity index (χ3v) is 5.24. The van der Waals surface area contributed by atoms with Gasteiger partial charge in [-0.05, 0) is 36.4 Å². The molecule has 4 heterocycles. The van der Waals surface area contributed by atoms with Crippen molar-refractivity contribution >= 4 is 34.3 Å². The van der Waals surface area contributed by atoms with Gasteiger partial charge >= 0.3 is 0 Å². The van der Waals surface area contributed by atoms with E-state index in [1.54, 1.807) is 12.5 Å². The molecule has 5 rings (SSSR count). The van der Waals surface area contributed by atoms with Crippen molar-refractivity contribution in [3.8, 4) is 11.3 Å². The Kier molecular flexibility index (Phi) is 5.77. The van der Waals surface area contributed by atoms with Crippen molar-refractivity contribution in [3.05, 3.63) is 48.9 Å². The minimum absolute atomic E-state index is 0.0482. The third-order valence-electron chi connectivity index (χ3n) is 5.24. The van der Waals surface area contributed by atoms with Crippen LogP contribution in [0.2, 0.25) is 0 Å². The number of nitrogens with zero attached hydrogens (tertiary/aromatic N) is 5. The zero-order valence-electron chi connectivity index (χ0n) is 17.5. The Labute approximate surface area is 184 Å². The fourth-order valence-corrected chi connectivity index (χ4v) is 3.63. The second-order valence-corrected chi connectivity index (χ2v) is 7.35. The Morgan fingerprint density at radius 3 is 2.62 bits per heavy atom. The van der Waals surface area contributed by atoms with E-state index < -0.39 is 0 Å². The molecule has 0 saturated carbocycles. The molecule has 32 heavy (non-hydrogen) atoms. The summed E-state index contributed by atoms with van der Waals surface area (Å²) in [6.45, 7) is 3.81. The van der Waals surface area contributed by atoms with Crippen LogP contribution >= 0.6 is 0 Å². The van der Waals surface area contributed by atoms with E-state index in [0.29, 0.717) is 29.7 Å². The van der Waals surface area contributed by atoms with E-state index in [1.807, 2.05) is 24.3 Å². The molecule has 1 saturated heterocycles. The number of hydrogen-bond acceptors (Lipinski definition) is 9. The van der Waals surface area contributed by atoms with Crippen LogP contribution in [-0.4, -0.2) is 69.5 Å². The lowest BCUT2D eigenvalue weighted by Crippen LogP contribution is -2.36. The highest BCUT2D eigenvalue weighted by Gasteiger charge is 2.14. The number of H-pyrrole nitrogens is 1. The van der Waals surface area contributed by atoms with Gasteiger partial charge < -0.3 is 30.4 Å². The highest BCUT2D eigenvalue weighted by molar-refractivity contribution is 5.88. The van der Waals surface area contributed by atoms with Gasteiger partial charge in [-0.3, -0.25) is 0 Å². The Hall–Kier alpha value is -3.76.